The van der Waals surface area contributed by atoms with Gasteiger partial charge in [0.05, 0.1) is 29.6 Å². The molecular formula is C18H15ClN2O4. The lowest BCUT2D eigenvalue weighted by Crippen LogP contribution is -1.99. The number of anilines is 1. The number of methoxy groups -OCH3 is 1. The number of hydrogen-bond acceptors (Lipinski definition) is 5. The lowest BCUT2D eigenvalue weighted by Gasteiger charge is -2.11. The molecule has 2 rings (SSSR count). The number of rotatable bonds is 7. The molecule has 7 heteroatoms. The van der Waals surface area contributed by atoms with Crippen LogP contribution in [-0.2, 0) is 0 Å². The fourth-order valence-electron chi connectivity index (χ4n) is 1.94. The molecule has 0 bridgehead atoms. The maximum absolute atomic E-state index is 10.8. The average Bonchev–Trinajstić information content (AvgIpc) is 2.61. The molecule has 0 radical (unpaired) electrons. The Kier molecular flexibility index (Phi) is 6.26. The zero-order valence-electron chi connectivity index (χ0n) is 13.3. The molecule has 0 aliphatic rings. The van der Waals surface area contributed by atoms with Crippen molar-refractivity contribution in [2.24, 2.45) is 5.10 Å². The number of benzene rings is 2. The topological polar surface area (TPSA) is 80.2 Å². The van der Waals surface area contributed by atoms with Crippen molar-refractivity contribution in [3.05, 3.63) is 52.5 Å². The number of hydrazone groups is 1. The van der Waals surface area contributed by atoms with Gasteiger partial charge in [0.15, 0.2) is 11.5 Å². The lowest BCUT2D eigenvalue weighted by molar-refractivity contribution is 0.0697. The predicted molar refractivity (Wildman–Crippen MR) is 97.0 cm³/mol. The molecule has 2 aromatic rings. The number of hydrogen-bond donors (Lipinski definition) is 2. The van der Waals surface area contributed by atoms with Gasteiger partial charge in [-0.1, -0.05) is 17.5 Å². The van der Waals surface area contributed by atoms with E-state index >= 15 is 0 Å². The SMILES string of the molecule is C#CCOc1c(Cl)cc(/C=N\Nc2ccc(C(=O)O)cc2)cc1OC. The predicted octanol–water partition coefficient (Wildman–Crippen LogP) is 3.50. The Morgan fingerprint density at radius 1 is 1.40 bits per heavy atom. The number of halogens is 1. The van der Waals surface area contributed by atoms with Gasteiger partial charge in [-0.05, 0) is 42.0 Å². The summed E-state index contributed by atoms with van der Waals surface area (Å²) in [6.07, 6.45) is 6.72. The molecule has 25 heavy (non-hydrogen) atoms. The minimum absolute atomic E-state index is 0.0808. The highest BCUT2D eigenvalue weighted by molar-refractivity contribution is 6.32. The summed E-state index contributed by atoms with van der Waals surface area (Å²) in [5.41, 5.74) is 4.33. The maximum Gasteiger partial charge on any atom is 0.335 e. The second-order valence-electron chi connectivity index (χ2n) is 4.78. The molecule has 0 aliphatic carbocycles. The Labute approximate surface area is 150 Å². The van der Waals surface area contributed by atoms with E-state index in [4.69, 9.17) is 32.6 Å². The van der Waals surface area contributed by atoms with Gasteiger partial charge < -0.3 is 14.6 Å². The van der Waals surface area contributed by atoms with Crippen LogP contribution >= 0.6 is 11.6 Å². The van der Waals surface area contributed by atoms with Gasteiger partial charge in [0, 0.05) is 0 Å². The van der Waals surface area contributed by atoms with Crippen LogP contribution in [0.1, 0.15) is 15.9 Å². The molecule has 0 unspecified atom stereocenters. The van der Waals surface area contributed by atoms with Crippen LogP contribution in [0.2, 0.25) is 5.02 Å². The van der Waals surface area contributed by atoms with E-state index in [0.29, 0.717) is 27.8 Å². The second kappa shape index (κ2) is 8.62. The molecule has 6 nitrogen and oxygen atoms in total. The van der Waals surface area contributed by atoms with Crippen molar-refractivity contribution in [2.75, 3.05) is 19.1 Å². The zero-order valence-corrected chi connectivity index (χ0v) is 14.1. The van der Waals surface area contributed by atoms with E-state index in [1.54, 1.807) is 30.5 Å². The van der Waals surface area contributed by atoms with Crippen molar-refractivity contribution in [1.29, 1.82) is 0 Å². The molecule has 0 aliphatic heterocycles. The molecule has 0 fully saturated rings. The molecule has 0 heterocycles. The van der Waals surface area contributed by atoms with Gasteiger partial charge in [0.2, 0.25) is 0 Å². The smallest absolute Gasteiger partial charge is 0.335 e. The summed E-state index contributed by atoms with van der Waals surface area (Å²) in [5.74, 6) is 2.19. The molecule has 0 amide bonds. The van der Waals surface area contributed by atoms with Crippen LogP contribution in [0, 0.1) is 12.3 Å². The Balaban J connectivity index is 2.11. The first kappa shape index (κ1) is 18.2. The third kappa shape index (κ3) is 4.90. The third-order valence-corrected chi connectivity index (χ3v) is 3.37. The van der Waals surface area contributed by atoms with E-state index in [0.717, 1.165) is 0 Å². The maximum atomic E-state index is 10.8. The van der Waals surface area contributed by atoms with Gasteiger partial charge in [-0.15, -0.1) is 6.42 Å². The van der Waals surface area contributed by atoms with Crippen molar-refractivity contribution in [3.8, 4) is 23.8 Å². The van der Waals surface area contributed by atoms with Crippen LogP contribution < -0.4 is 14.9 Å². The van der Waals surface area contributed by atoms with Crippen molar-refractivity contribution in [2.45, 2.75) is 0 Å². The summed E-state index contributed by atoms with van der Waals surface area (Å²) in [5, 5.41) is 13.3. The minimum Gasteiger partial charge on any atom is -0.493 e. The molecule has 0 saturated heterocycles. The number of ether oxygens (including phenoxy) is 2. The molecule has 0 saturated carbocycles. The molecule has 0 atom stereocenters. The monoisotopic (exact) mass is 358 g/mol. The summed E-state index contributed by atoms with van der Waals surface area (Å²) in [6, 6.07) is 9.57. The summed E-state index contributed by atoms with van der Waals surface area (Å²) in [6.45, 7) is 0.0808. The molecule has 0 aromatic heterocycles. The van der Waals surface area contributed by atoms with E-state index in [1.165, 1.54) is 19.2 Å². The van der Waals surface area contributed by atoms with E-state index in [1.807, 2.05) is 0 Å². The van der Waals surface area contributed by atoms with Gasteiger partial charge in [-0.25, -0.2) is 4.79 Å². The number of carboxylic acids is 1. The van der Waals surface area contributed by atoms with Crippen LogP contribution in [0.4, 0.5) is 5.69 Å². The molecule has 128 valence electrons. The number of nitrogens with zero attached hydrogens (tertiary/aromatic N) is 1. The molecule has 2 aromatic carbocycles. The van der Waals surface area contributed by atoms with Crippen LogP contribution in [0.15, 0.2) is 41.5 Å². The number of carboxylic acid groups (broad SMARTS) is 1. The molecule has 0 spiro atoms. The summed E-state index contributed by atoms with van der Waals surface area (Å²) >= 11 is 6.18. The standard InChI is InChI=1S/C18H15ClN2O4/c1-3-8-25-17-15(19)9-12(10-16(17)24-2)11-20-21-14-6-4-13(5-7-14)18(22)23/h1,4-7,9-11,21H,8H2,2H3,(H,22,23)/b20-11-. The van der Waals surface area contributed by atoms with Crippen LogP contribution in [0.5, 0.6) is 11.5 Å². The first-order valence-electron chi connectivity index (χ1n) is 7.11. The quantitative estimate of drug-likeness (QED) is 0.450. The van der Waals surface area contributed by atoms with E-state index in [2.05, 4.69) is 16.4 Å². The van der Waals surface area contributed by atoms with Gasteiger partial charge in [-0.3, -0.25) is 5.43 Å². The van der Waals surface area contributed by atoms with Crippen LogP contribution in [0.25, 0.3) is 0 Å². The fraction of sp³-hybridized carbons (Fsp3) is 0.111. The van der Waals surface area contributed by atoms with E-state index in [9.17, 15) is 4.79 Å². The Hall–Kier alpha value is -3.17. The molecular weight excluding hydrogens is 344 g/mol. The first-order chi connectivity index (χ1) is 12.0. The number of carbonyl (C=O) groups is 1. The highest BCUT2D eigenvalue weighted by Gasteiger charge is 2.11. The normalized spacial score (nSPS) is 10.3. The Bertz CT molecular complexity index is 826. The Morgan fingerprint density at radius 2 is 2.12 bits per heavy atom. The number of nitrogens with one attached hydrogen (secondary N) is 1. The molecule has 2 N–H and O–H groups in total. The van der Waals surface area contributed by atoms with Gasteiger partial charge in [-0.2, -0.15) is 5.10 Å². The van der Waals surface area contributed by atoms with Gasteiger partial charge in [0.1, 0.15) is 6.61 Å². The largest absolute Gasteiger partial charge is 0.493 e. The second-order valence-corrected chi connectivity index (χ2v) is 5.19. The van der Waals surface area contributed by atoms with Gasteiger partial charge >= 0.3 is 5.97 Å². The Morgan fingerprint density at radius 3 is 2.72 bits per heavy atom. The average molecular weight is 359 g/mol. The van der Waals surface area contributed by atoms with Gasteiger partial charge in [0.25, 0.3) is 0 Å². The van der Waals surface area contributed by atoms with Crippen LogP contribution in [0.3, 0.4) is 0 Å². The third-order valence-electron chi connectivity index (χ3n) is 3.09. The fourth-order valence-corrected chi connectivity index (χ4v) is 2.21. The highest BCUT2D eigenvalue weighted by atomic mass is 35.5. The van der Waals surface area contributed by atoms with Crippen LogP contribution in [-0.4, -0.2) is 31.0 Å². The summed E-state index contributed by atoms with van der Waals surface area (Å²) < 4.78 is 10.6. The minimum atomic E-state index is -0.982. The van der Waals surface area contributed by atoms with E-state index in [-0.39, 0.29) is 12.2 Å². The lowest BCUT2D eigenvalue weighted by atomic mass is 10.2. The first-order valence-corrected chi connectivity index (χ1v) is 7.49. The van der Waals surface area contributed by atoms with Crippen molar-refractivity contribution < 1.29 is 19.4 Å². The highest BCUT2D eigenvalue weighted by Crippen LogP contribution is 2.35. The van der Waals surface area contributed by atoms with Crippen molar-refractivity contribution in [1.82, 2.24) is 0 Å². The van der Waals surface area contributed by atoms with E-state index < -0.39 is 5.97 Å². The zero-order chi connectivity index (χ0) is 18.2. The summed E-state index contributed by atoms with van der Waals surface area (Å²) in [7, 11) is 1.50. The number of aromatic carboxylic acids is 1. The number of terminal acetylenes is 1. The summed E-state index contributed by atoms with van der Waals surface area (Å²) in [4.78, 5) is 10.8. The van der Waals surface area contributed by atoms with Crippen molar-refractivity contribution in [3.63, 3.8) is 0 Å². The van der Waals surface area contributed by atoms with Crippen molar-refractivity contribution >= 4 is 29.5 Å².